The molecule has 1 aliphatic rings. The summed E-state index contributed by atoms with van der Waals surface area (Å²) in [5.41, 5.74) is 0. The molecule has 18 heavy (non-hydrogen) atoms. The number of carbonyl (C=O) groups excluding carboxylic acids is 1. The lowest BCUT2D eigenvalue weighted by Gasteiger charge is -2.26. The Morgan fingerprint density at radius 3 is 2.89 bits per heavy atom. The number of nitrogens with zero attached hydrogens (tertiary/aromatic N) is 1. The molecule has 1 N–H and O–H groups in total. The van der Waals surface area contributed by atoms with E-state index in [1.165, 1.54) is 19.3 Å². The summed E-state index contributed by atoms with van der Waals surface area (Å²) in [6, 6.07) is 0.602. The minimum absolute atomic E-state index is 0.232. The van der Waals surface area contributed by atoms with Crippen molar-refractivity contribution in [3.8, 4) is 0 Å². The topological polar surface area (TPSA) is 41.6 Å². The third kappa shape index (κ3) is 5.83. The average Bonchev–Trinajstić information content (AvgIpc) is 2.37. The van der Waals surface area contributed by atoms with Crippen molar-refractivity contribution in [2.45, 2.75) is 45.1 Å². The first kappa shape index (κ1) is 15.4. The minimum Gasteiger partial charge on any atom is -0.384 e. The van der Waals surface area contributed by atoms with Crippen LogP contribution in [0, 0.1) is 5.92 Å². The zero-order valence-electron chi connectivity index (χ0n) is 12.1. The van der Waals surface area contributed by atoms with Gasteiger partial charge in [-0.05, 0) is 31.7 Å². The lowest BCUT2D eigenvalue weighted by molar-refractivity contribution is -0.131. The molecule has 0 saturated carbocycles. The van der Waals surface area contributed by atoms with Gasteiger partial charge in [0.25, 0.3) is 0 Å². The maximum atomic E-state index is 12.0. The fourth-order valence-corrected chi connectivity index (χ4v) is 2.44. The van der Waals surface area contributed by atoms with Crippen molar-refractivity contribution in [3.05, 3.63) is 0 Å². The number of amides is 1. The quantitative estimate of drug-likeness (QED) is 0.753. The fourth-order valence-electron chi connectivity index (χ4n) is 2.44. The van der Waals surface area contributed by atoms with Gasteiger partial charge in [-0.1, -0.05) is 13.3 Å². The molecule has 0 aromatic carbocycles. The van der Waals surface area contributed by atoms with Gasteiger partial charge in [-0.15, -0.1) is 0 Å². The first-order chi connectivity index (χ1) is 8.63. The predicted octanol–water partition coefficient (Wildman–Crippen LogP) is 1.65. The van der Waals surface area contributed by atoms with Gasteiger partial charge in [0.1, 0.15) is 0 Å². The zero-order chi connectivity index (χ0) is 13.4. The van der Waals surface area contributed by atoms with Crippen LogP contribution < -0.4 is 5.32 Å². The standard InChI is InChI=1S/C14H28N2O2/c1-12(11-18-3)10-14(17)16(2)9-7-13-6-4-5-8-15-13/h12-13,15H,4-11H2,1-3H3. The van der Waals surface area contributed by atoms with Crippen LogP contribution in [0.5, 0.6) is 0 Å². The first-order valence-electron chi connectivity index (χ1n) is 7.09. The summed E-state index contributed by atoms with van der Waals surface area (Å²) in [5.74, 6) is 0.535. The summed E-state index contributed by atoms with van der Waals surface area (Å²) in [7, 11) is 3.59. The molecule has 0 aromatic heterocycles. The number of carbonyl (C=O) groups is 1. The van der Waals surface area contributed by atoms with Gasteiger partial charge in [0.05, 0.1) is 0 Å². The lowest BCUT2D eigenvalue weighted by Crippen LogP contribution is -2.38. The maximum absolute atomic E-state index is 12.0. The largest absolute Gasteiger partial charge is 0.384 e. The minimum atomic E-state index is 0.232. The second-order valence-corrected chi connectivity index (χ2v) is 5.52. The number of nitrogens with one attached hydrogen (secondary N) is 1. The van der Waals surface area contributed by atoms with Crippen LogP contribution in [0.4, 0.5) is 0 Å². The Morgan fingerprint density at radius 1 is 1.50 bits per heavy atom. The van der Waals surface area contributed by atoms with E-state index < -0.39 is 0 Å². The van der Waals surface area contributed by atoms with Crippen molar-refractivity contribution < 1.29 is 9.53 Å². The molecule has 1 rings (SSSR count). The van der Waals surface area contributed by atoms with Crippen LogP contribution in [0.1, 0.15) is 39.0 Å². The molecule has 4 heteroatoms. The molecule has 0 bridgehead atoms. The van der Waals surface area contributed by atoms with Crippen LogP contribution in [0.15, 0.2) is 0 Å². The SMILES string of the molecule is COCC(C)CC(=O)N(C)CCC1CCCCN1. The average molecular weight is 256 g/mol. The Morgan fingerprint density at radius 2 is 2.28 bits per heavy atom. The van der Waals surface area contributed by atoms with Crippen LogP contribution in [-0.4, -0.2) is 50.7 Å². The molecule has 2 unspecified atom stereocenters. The van der Waals surface area contributed by atoms with Crippen molar-refractivity contribution in [2.24, 2.45) is 5.92 Å². The van der Waals surface area contributed by atoms with E-state index in [1.54, 1.807) is 7.11 Å². The Balaban J connectivity index is 2.18. The molecule has 1 fully saturated rings. The summed E-state index contributed by atoms with van der Waals surface area (Å²) in [6.07, 6.45) is 5.52. The van der Waals surface area contributed by atoms with E-state index in [0.717, 1.165) is 19.5 Å². The summed E-state index contributed by atoms with van der Waals surface area (Å²) >= 11 is 0. The zero-order valence-corrected chi connectivity index (χ0v) is 12.1. The lowest BCUT2D eigenvalue weighted by atomic mass is 10.0. The normalized spacial score (nSPS) is 21.6. The van der Waals surface area contributed by atoms with E-state index in [2.05, 4.69) is 12.2 Å². The van der Waals surface area contributed by atoms with Crippen molar-refractivity contribution >= 4 is 5.91 Å². The molecule has 1 aliphatic heterocycles. The van der Waals surface area contributed by atoms with Gasteiger partial charge in [0.15, 0.2) is 0 Å². The Bertz CT molecular complexity index is 240. The number of hydrogen-bond donors (Lipinski definition) is 1. The highest BCUT2D eigenvalue weighted by atomic mass is 16.5. The molecule has 2 atom stereocenters. The number of ether oxygens (including phenoxy) is 1. The Hall–Kier alpha value is -0.610. The summed E-state index contributed by atoms with van der Waals surface area (Å²) in [5, 5.41) is 3.52. The molecule has 0 radical (unpaired) electrons. The van der Waals surface area contributed by atoms with Crippen LogP contribution in [0.3, 0.4) is 0 Å². The summed E-state index contributed by atoms with van der Waals surface area (Å²) < 4.78 is 5.06. The monoisotopic (exact) mass is 256 g/mol. The first-order valence-corrected chi connectivity index (χ1v) is 7.09. The highest BCUT2D eigenvalue weighted by Crippen LogP contribution is 2.11. The Kier molecular flexibility index (Phi) is 7.28. The van der Waals surface area contributed by atoms with Crippen LogP contribution >= 0.6 is 0 Å². The molecule has 0 spiro atoms. The second kappa shape index (κ2) is 8.48. The molecule has 106 valence electrons. The molecule has 1 amide bonds. The van der Waals surface area contributed by atoms with Crippen molar-refractivity contribution in [2.75, 3.05) is 33.9 Å². The third-order valence-corrected chi connectivity index (χ3v) is 3.63. The smallest absolute Gasteiger partial charge is 0.222 e. The van der Waals surface area contributed by atoms with E-state index in [9.17, 15) is 4.79 Å². The van der Waals surface area contributed by atoms with Gasteiger partial charge in [-0.3, -0.25) is 4.79 Å². The van der Waals surface area contributed by atoms with Crippen molar-refractivity contribution in [3.63, 3.8) is 0 Å². The van der Waals surface area contributed by atoms with Crippen LogP contribution in [0.25, 0.3) is 0 Å². The number of methoxy groups -OCH3 is 1. The highest BCUT2D eigenvalue weighted by molar-refractivity contribution is 5.76. The molecule has 0 aromatic rings. The molecular formula is C14H28N2O2. The summed E-state index contributed by atoms with van der Waals surface area (Å²) in [6.45, 7) is 4.70. The van der Waals surface area contributed by atoms with Crippen LogP contribution in [-0.2, 0) is 9.53 Å². The van der Waals surface area contributed by atoms with Crippen molar-refractivity contribution in [1.82, 2.24) is 10.2 Å². The molecule has 1 saturated heterocycles. The third-order valence-electron chi connectivity index (χ3n) is 3.63. The van der Waals surface area contributed by atoms with Crippen molar-refractivity contribution in [1.29, 1.82) is 0 Å². The van der Waals surface area contributed by atoms with E-state index in [0.29, 0.717) is 25.0 Å². The Labute approximate surface area is 111 Å². The number of hydrogen-bond acceptors (Lipinski definition) is 3. The molecular weight excluding hydrogens is 228 g/mol. The molecule has 1 heterocycles. The summed E-state index contributed by atoms with van der Waals surface area (Å²) in [4.78, 5) is 13.8. The molecule has 0 aliphatic carbocycles. The second-order valence-electron chi connectivity index (χ2n) is 5.52. The van der Waals surface area contributed by atoms with Gasteiger partial charge in [0.2, 0.25) is 5.91 Å². The fraction of sp³-hybridized carbons (Fsp3) is 0.929. The van der Waals surface area contributed by atoms with E-state index in [4.69, 9.17) is 4.74 Å². The maximum Gasteiger partial charge on any atom is 0.222 e. The number of piperidine rings is 1. The van der Waals surface area contributed by atoms with Gasteiger partial charge in [-0.25, -0.2) is 0 Å². The van der Waals surface area contributed by atoms with Crippen LogP contribution in [0.2, 0.25) is 0 Å². The van der Waals surface area contributed by atoms with Gasteiger partial charge in [-0.2, -0.15) is 0 Å². The molecule has 4 nitrogen and oxygen atoms in total. The highest BCUT2D eigenvalue weighted by Gasteiger charge is 2.16. The van der Waals surface area contributed by atoms with Gasteiger partial charge < -0.3 is 15.0 Å². The number of rotatable bonds is 7. The van der Waals surface area contributed by atoms with E-state index in [1.807, 2.05) is 11.9 Å². The van der Waals surface area contributed by atoms with E-state index in [-0.39, 0.29) is 5.91 Å². The predicted molar refractivity (Wildman–Crippen MR) is 73.6 cm³/mol. The van der Waals surface area contributed by atoms with E-state index >= 15 is 0 Å². The van der Waals surface area contributed by atoms with Gasteiger partial charge >= 0.3 is 0 Å². The van der Waals surface area contributed by atoms with Gasteiger partial charge in [0, 0.05) is 39.8 Å².